The molecule has 4 aromatic rings. The van der Waals surface area contributed by atoms with E-state index in [1.165, 1.54) is 0 Å². The maximum absolute atomic E-state index is 12.8. The van der Waals surface area contributed by atoms with E-state index in [4.69, 9.17) is 28.9 Å². The minimum Gasteiger partial charge on any atom is -0.324 e. The second kappa shape index (κ2) is 10.4. The lowest BCUT2D eigenvalue weighted by molar-refractivity contribution is -0.116. The van der Waals surface area contributed by atoms with E-state index >= 15 is 0 Å². The van der Waals surface area contributed by atoms with E-state index in [0.717, 1.165) is 27.5 Å². The molecule has 0 aliphatic heterocycles. The molecule has 168 valence electrons. The van der Waals surface area contributed by atoms with Gasteiger partial charge in [0.2, 0.25) is 10.7 Å². The number of amides is 1. The van der Waals surface area contributed by atoms with Crippen LogP contribution in [0.3, 0.4) is 0 Å². The van der Waals surface area contributed by atoms with Crippen LogP contribution in [-0.2, 0) is 17.1 Å². The summed E-state index contributed by atoms with van der Waals surface area (Å²) >= 11 is 13.6. The van der Waals surface area contributed by atoms with E-state index in [9.17, 15) is 4.79 Å². The van der Waals surface area contributed by atoms with Crippen molar-refractivity contribution >= 4 is 47.2 Å². The Hall–Kier alpha value is -2.87. The van der Waals surface area contributed by atoms with Crippen molar-refractivity contribution in [1.82, 2.24) is 14.3 Å². The van der Waals surface area contributed by atoms with Gasteiger partial charge in [-0.1, -0.05) is 48.0 Å². The van der Waals surface area contributed by atoms with Gasteiger partial charge in [-0.15, -0.1) is 11.8 Å². The first kappa shape index (κ1) is 23.3. The third-order valence-electron chi connectivity index (χ3n) is 5.11. The first-order valence-electron chi connectivity index (χ1n) is 10.4. The van der Waals surface area contributed by atoms with Gasteiger partial charge in [-0.25, -0.2) is 4.68 Å². The Morgan fingerprint density at radius 3 is 2.58 bits per heavy atom. The average molecular weight is 495 g/mol. The molecule has 0 atom stereocenters. The van der Waals surface area contributed by atoms with Crippen molar-refractivity contribution in [3.05, 3.63) is 99.5 Å². The van der Waals surface area contributed by atoms with E-state index in [2.05, 4.69) is 23.5 Å². The molecule has 5 nitrogen and oxygen atoms in total. The Morgan fingerprint density at radius 1 is 1.06 bits per heavy atom. The van der Waals surface area contributed by atoms with Crippen LogP contribution in [0.2, 0.25) is 5.02 Å². The average Bonchev–Trinajstić information content (AvgIpc) is 3.11. The predicted molar refractivity (Wildman–Crippen MR) is 138 cm³/mol. The van der Waals surface area contributed by atoms with Gasteiger partial charge in [-0.2, -0.15) is 5.10 Å². The maximum atomic E-state index is 12.8. The van der Waals surface area contributed by atoms with E-state index in [1.54, 1.807) is 22.5 Å². The molecule has 0 saturated heterocycles. The summed E-state index contributed by atoms with van der Waals surface area (Å²) in [7, 11) is 0. The molecule has 3 aromatic carbocycles. The van der Waals surface area contributed by atoms with Gasteiger partial charge < -0.3 is 5.32 Å². The largest absolute Gasteiger partial charge is 0.324 e. The lowest BCUT2D eigenvalue weighted by Crippen LogP contribution is -2.20. The lowest BCUT2D eigenvalue weighted by Gasteiger charge is -2.09. The second-order valence-electron chi connectivity index (χ2n) is 7.59. The third kappa shape index (κ3) is 5.55. The van der Waals surface area contributed by atoms with Crippen LogP contribution in [0.1, 0.15) is 17.0 Å². The third-order valence-corrected chi connectivity index (χ3v) is 6.92. The predicted octanol–water partition coefficient (Wildman–Crippen LogP) is 6.60. The van der Waals surface area contributed by atoms with Crippen LogP contribution in [0.4, 0.5) is 5.69 Å². The molecule has 1 amide bonds. The van der Waals surface area contributed by atoms with Gasteiger partial charge in [0.15, 0.2) is 0 Å². The zero-order valence-corrected chi connectivity index (χ0v) is 20.7. The number of anilines is 1. The summed E-state index contributed by atoms with van der Waals surface area (Å²) in [6.07, 6.45) is 0. The Balaban J connectivity index is 1.63. The molecular weight excluding hydrogens is 472 g/mol. The number of nitrogens with zero attached hydrogens (tertiary/aromatic N) is 3. The molecular formula is C25H23ClN4OS2. The summed E-state index contributed by atoms with van der Waals surface area (Å²) in [6, 6.07) is 23.7. The normalized spacial score (nSPS) is 10.9. The first-order valence-corrected chi connectivity index (χ1v) is 12.2. The van der Waals surface area contributed by atoms with Gasteiger partial charge >= 0.3 is 0 Å². The summed E-state index contributed by atoms with van der Waals surface area (Å²) in [6.45, 7) is 3.91. The maximum Gasteiger partial charge on any atom is 0.246 e. The molecule has 33 heavy (non-hydrogen) atoms. The van der Waals surface area contributed by atoms with Crippen molar-refractivity contribution in [3.8, 4) is 5.69 Å². The molecule has 0 radical (unpaired) electrons. The highest BCUT2D eigenvalue weighted by Crippen LogP contribution is 2.25. The van der Waals surface area contributed by atoms with Gasteiger partial charge in [0.1, 0.15) is 12.4 Å². The molecule has 0 aliphatic carbocycles. The zero-order valence-electron chi connectivity index (χ0n) is 18.3. The molecule has 0 spiro atoms. The molecule has 0 fully saturated rings. The summed E-state index contributed by atoms with van der Waals surface area (Å²) in [5, 5.41) is 8.24. The molecule has 8 heteroatoms. The molecule has 0 unspecified atom stereocenters. The Morgan fingerprint density at radius 2 is 1.82 bits per heavy atom. The van der Waals surface area contributed by atoms with Crippen LogP contribution in [-0.4, -0.2) is 20.3 Å². The van der Waals surface area contributed by atoms with E-state index < -0.39 is 0 Å². The van der Waals surface area contributed by atoms with Crippen LogP contribution in [0, 0.1) is 18.6 Å². The standard InChI is InChI=1S/C25H23ClN4OS2/c1-17-8-6-9-19(14-17)30-23(16-33-20-10-4-3-5-11-20)28-29(25(30)32)15-24(31)27-22-13-7-12-21(26)18(22)2/h3-14H,15-16H2,1-2H3,(H,27,31). The van der Waals surface area contributed by atoms with Crippen molar-refractivity contribution in [2.45, 2.75) is 31.0 Å². The van der Waals surface area contributed by atoms with E-state index in [-0.39, 0.29) is 12.5 Å². The topological polar surface area (TPSA) is 51.9 Å². The van der Waals surface area contributed by atoms with E-state index in [0.29, 0.717) is 21.2 Å². The van der Waals surface area contributed by atoms with Gasteiger partial charge in [0, 0.05) is 21.3 Å². The number of rotatable bonds is 7. The number of nitrogens with one attached hydrogen (secondary N) is 1. The molecule has 1 aromatic heterocycles. The van der Waals surface area contributed by atoms with Crippen molar-refractivity contribution in [1.29, 1.82) is 0 Å². The van der Waals surface area contributed by atoms with Crippen LogP contribution >= 0.6 is 35.6 Å². The highest BCUT2D eigenvalue weighted by Gasteiger charge is 2.16. The molecule has 4 rings (SSSR count). The fourth-order valence-electron chi connectivity index (χ4n) is 3.41. The monoisotopic (exact) mass is 494 g/mol. The summed E-state index contributed by atoms with van der Waals surface area (Å²) in [4.78, 5) is 14.0. The fourth-order valence-corrected chi connectivity index (χ4v) is 4.73. The smallest absolute Gasteiger partial charge is 0.246 e. The van der Waals surface area contributed by atoms with Crippen LogP contribution in [0.25, 0.3) is 5.69 Å². The second-order valence-corrected chi connectivity index (χ2v) is 9.41. The number of hydrogen-bond donors (Lipinski definition) is 1. The molecule has 1 N–H and O–H groups in total. The number of carbonyl (C=O) groups excluding carboxylic acids is 1. The van der Waals surface area contributed by atoms with Crippen LogP contribution in [0.5, 0.6) is 0 Å². The van der Waals surface area contributed by atoms with E-state index in [1.807, 2.05) is 66.9 Å². The molecule has 0 saturated carbocycles. The van der Waals surface area contributed by atoms with Crippen molar-refractivity contribution in [2.24, 2.45) is 0 Å². The highest BCUT2D eigenvalue weighted by molar-refractivity contribution is 7.98. The minimum absolute atomic E-state index is 0.00655. The summed E-state index contributed by atoms with van der Waals surface area (Å²) in [5.74, 6) is 1.18. The first-order chi connectivity index (χ1) is 15.9. The number of thioether (sulfide) groups is 1. The quantitative estimate of drug-likeness (QED) is 0.232. The lowest BCUT2D eigenvalue weighted by atomic mass is 10.2. The Kier molecular flexibility index (Phi) is 7.33. The number of benzene rings is 3. The molecule has 1 heterocycles. The summed E-state index contributed by atoms with van der Waals surface area (Å²) < 4.78 is 3.99. The number of hydrogen-bond acceptors (Lipinski definition) is 4. The number of halogens is 1. The van der Waals surface area contributed by atoms with Gasteiger partial charge in [0.25, 0.3) is 0 Å². The SMILES string of the molecule is Cc1cccc(-n2c(CSc3ccccc3)nn(CC(=O)Nc3cccc(Cl)c3C)c2=S)c1. The Labute approximate surface area is 207 Å². The van der Waals surface area contributed by atoms with Gasteiger partial charge in [-0.3, -0.25) is 9.36 Å². The van der Waals surface area contributed by atoms with Crippen molar-refractivity contribution < 1.29 is 4.79 Å². The van der Waals surface area contributed by atoms with Crippen molar-refractivity contribution in [2.75, 3.05) is 5.32 Å². The number of aryl methyl sites for hydroxylation is 1. The van der Waals surface area contributed by atoms with Crippen LogP contribution < -0.4 is 5.32 Å². The molecule has 0 aliphatic rings. The Bertz CT molecular complexity index is 1350. The van der Waals surface area contributed by atoms with Gasteiger partial charge in [0.05, 0.1) is 5.75 Å². The number of aromatic nitrogens is 3. The fraction of sp³-hybridized carbons (Fsp3) is 0.160. The minimum atomic E-state index is -0.215. The number of carbonyl (C=O) groups is 1. The zero-order chi connectivity index (χ0) is 23.4. The summed E-state index contributed by atoms with van der Waals surface area (Å²) in [5.41, 5.74) is 3.55. The van der Waals surface area contributed by atoms with Gasteiger partial charge in [-0.05, 0) is 73.6 Å². The molecule has 0 bridgehead atoms. The van der Waals surface area contributed by atoms with Crippen molar-refractivity contribution in [3.63, 3.8) is 0 Å². The highest BCUT2D eigenvalue weighted by atomic mass is 35.5. The van der Waals surface area contributed by atoms with Crippen LogP contribution in [0.15, 0.2) is 77.7 Å².